The molecule has 1 saturated heterocycles. The monoisotopic (exact) mass is 317 g/mol. The second kappa shape index (κ2) is 6.33. The molecular formula is C14H20ClNO3S. The fourth-order valence-corrected chi connectivity index (χ4v) is 4.61. The summed E-state index contributed by atoms with van der Waals surface area (Å²) in [6.07, 6.45) is 0.699. The molecule has 1 fully saturated rings. The summed E-state index contributed by atoms with van der Waals surface area (Å²) in [6.45, 7) is 0.633. The van der Waals surface area contributed by atoms with E-state index >= 15 is 0 Å². The first-order valence-electron chi connectivity index (χ1n) is 6.60. The quantitative estimate of drug-likeness (QED) is 0.780. The van der Waals surface area contributed by atoms with Gasteiger partial charge in [0.1, 0.15) is 5.75 Å². The molecule has 2 rings (SSSR count). The fraction of sp³-hybridized carbons (Fsp3) is 0.571. The van der Waals surface area contributed by atoms with E-state index in [4.69, 9.17) is 16.3 Å². The number of benzene rings is 1. The number of halogens is 1. The van der Waals surface area contributed by atoms with Gasteiger partial charge in [-0.15, -0.1) is 11.6 Å². The summed E-state index contributed by atoms with van der Waals surface area (Å²) in [6, 6.07) is 7.72. The lowest BCUT2D eigenvalue weighted by Crippen LogP contribution is -2.34. The van der Waals surface area contributed by atoms with E-state index in [1.807, 2.05) is 36.2 Å². The van der Waals surface area contributed by atoms with Gasteiger partial charge in [-0.1, -0.05) is 12.1 Å². The molecule has 2 atom stereocenters. The summed E-state index contributed by atoms with van der Waals surface area (Å²) in [7, 11) is 0.710. The van der Waals surface area contributed by atoms with Crippen molar-refractivity contribution in [2.45, 2.75) is 17.8 Å². The third-order valence-corrected chi connectivity index (χ3v) is 5.90. The number of nitrogens with zero attached hydrogens (tertiary/aromatic N) is 1. The molecule has 2 unspecified atom stereocenters. The largest absolute Gasteiger partial charge is 0.497 e. The van der Waals surface area contributed by atoms with Gasteiger partial charge in [0.15, 0.2) is 9.84 Å². The van der Waals surface area contributed by atoms with Crippen LogP contribution < -0.4 is 4.74 Å². The molecule has 0 radical (unpaired) electrons. The maximum Gasteiger partial charge on any atom is 0.151 e. The Bertz CT molecular complexity index is 544. The normalized spacial score (nSPS) is 22.9. The van der Waals surface area contributed by atoms with Crippen LogP contribution in [0.2, 0.25) is 0 Å². The van der Waals surface area contributed by atoms with Crippen LogP contribution in [-0.4, -0.2) is 51.6 Å². The molecule has 6 heteroatoms. The van der Waals surface area contributed by atoms with Crippen molar-refractivity contribution in [1.29, 1.82) is 0 Å². The summed E-state index contributed by atoms with van der Waals surface area (Å²) in [5.74, 6) is 1.33. The Morgan fingerprint density at radius 1 is 1.40 bits per heavy atom. The fourth-order valence-electron chi connectivity index (χ4n) is 2.44. The highest BCUT2D eigenvalue weighted by atomic mass is 35.5. The highest BCUT2D eigenvalue weighted by Gasteiger charge is 2.31. The van der Waals surface area contributed by atoms with Crippen LogP contribution in [0.1, 0.15) is 17.4 Å². The summed E-state index contributed by atoms with van der Waals surface area (Å²) < 4.78 is 28.1. The summed E-state index contributed by atoms with van der Waals surface area (Å²) >= 11 is 6.41. The minimum atomic E-state index is -2.85. The molecule has 0 saturated carbocycles. The van der Waals surface area contributed by atoms with Crippen LogP contribution in [0.4, 0.5) is 0 Å². The van der Waals surface area contributed by atoms with E-state index in [1.165, 1.54) is 0 Å². The van der Waals surface area contributed by atoms with Gasteiger partial charge < -0.3 is 9.64 Å². The number of likely N-dealkylation sites (N-methyl/N-ethyl adjacent to an activating group) is 1. The lowest BCUT2D eigenvalue weighted by molar-refractivity contribution is 0.262. The number of methoxy groups -OCH3 is 1. The van der Waals surface area contributed by atoms with Crippen LogP contribution in [0, 0.1) is 0 Å². The Balaban J connectivity index is 1.95. The third-order valence-electron chi connectivity index (χ3n) is 3.76. The molecule has 1 aliphatic heterocycles. The Kier molecular flexibility index (Phi) is 4.94. The van der Waals surface area contributed by atoms with Crippen LogP contribution in [0.3, 0.4) is 0 Å². The van der Waals surface area contributed by atoms with Crippen molar-refractivity contribution in [3.05, 3.63) is 29.8 Å². The standard InChI is InChI=1S/C14H20ClNO3S/c1-16(12-7-8-20(17,18)10-12)9-14(15)11-3-5-13(19-2)6-4-11/h3-6,12,14H,7-10H2,1-2H3. The average molecular weight is 318 g/mol. The summed E-state index contributed by atoms with van der Waals surface area (Å²) in [5, 5.41) is -0.158. The molecule has 1 aromatic rings. The highest BCUT2D eigenvalue weighted by molar-refractivity contribution is 7.91. The molecule has 0 amide bonds. The molecule has 20 heavy (non-hydrogen) atoms. The van der Waals surface area contributed by atoms with Gasteiger partial charge in [0.05, 0.1) is 24.0 Å². The number of hydrogen-bond donors (Lipinski definition) is 0. The third kappa shape index (κ3) is 3.87. The van der Waals surface area contributed by atoms with Gasteiger partial charge in [-0.3, -0.25) is 0 Å². The van der Waals surface area contributed by atoms with E-state index in [0.717, 1.165) is 11.3 Å². The lowest BCUT2D eigenvalue weighted by atomic mass is 10.1. The van der Waals surface area contributed by atoms with E-state index in [0.29, 0.717) is 13.0 Å². The van der Waals surface area contributed by atoms with Crippen LogP contribution in [-0.2, 0) is 9.84 Å². The predicted octanol–water partition coefficient (Wildman–Crippen LogP) is 2.09. The van der Waals surface area contributed by atoms with Crippen LogP contribution in [0.15, 0.2) is 24.3 Å². The van der Waals surface area contributed by atoms with Gasteiger partial charge in [-0.25, -0.2) is 8.42 Å². The topological polar surface area (TPSA) is 46.6 Å². The molecule has 1 heterocycles. The van der Waals surface area contributed by atoms with Gasteiger partial charge in [0.2, 0.25) is 0 Å². The van der Waals surface area contributed by atoms with Gasteiger partial charge in [0.25, 0.3) is 0 Å². The van der Waals surface area contributed by atoms with Crippen molar-refractivity contribution in [1.82, 2.24) is 4.90 Å². The van der Waals surface area contributed by atoms with Crippen LogP contribution in [0.5, 0.6) is 5.75 Å². The SMILES string of the molecule is COc1ccc(C(Cl)CN(C)C2CCS(=O)(=O)C2)cc1. The molecule has 4 nitrogen and oxygen atoms in total. The van der Waals surface area contributed by atoms with E-state index in [9.17, 15) is 8.42 Å². The summed E-state index contributed by atoms with van der Waals surface area (Å²) in [4.78, 5) is 2.05. The van der Waals surface area contributed by atoms with Crippen LogP contribution >= 0.6 is 11.6 Å². The maximum absolute atomic E-state index is 11.5. The van der Waals surface area contributed by atoms with Crippen molar-refractivity contribution < 1.29 is 13.2 Å². The molecule has 0 spiro atoms. The van der Waals surface area contributed by atoms with E-state index < -0.39 is 9.84 Å². The van der Waals surface area contributed by atoms with Crippen LogP contribution in [0.25, 0.3) is 0 Å². The first-order valence-corrected chi connectivity index (χ1v) is 8.86. The lowest BCUT2D eigenvalue weighted by Gasteiger charge is -2.25. The number of rotatable bonds is 5. The van der Waals surface area contributed by atoms with Crippen molar-refractivity contribution >= 4 is 21.4 Å². The molecule has 1 aromatic carbocycles. The Morgan fingerprint density at radius 2 is 2.05 bits per heavy atom. The minimum Gasteiger partial charge on any atom is -0.497 e. The van der Waals surface area contributed by atoms with Crippen molar-refractivity contribution in [3.8, 4) is 5.75 Å². The Hall–Kier alpha value is -0.780. The van der Waals surface area contributed by atoms with Crippen molar-refractivity contribution in [2.24, 2.45) is 0 Å². The van der Waals surface area contributed by atoms with E-state index in [2.05, 4.69) is 0 Å². The second-order valence-electron chi connectivity index (χ2n) is 5.24. The smallest absolute Gasteiger partial charge is 0.151 e. The molecule has 0 aromatic heterocycles. The van der Waals surface area contributed by atoms with Crippen molar-refractivity contribution in [3.63, 3.8) is 0 Å². The highest BCUT2D eigenvalue weighted by Crippen LogP contribution is 2.26. The van der Waals surface area contributed by atoms with Gasteiger partial charge in [-0.2, -0.15) is 0 Å². The molecule has 112 valence electrons. The molecule has 1 aliphatic rings. The molecular weight excluding hydrogens is 298 g/mol. The van der Waals surface area contributed by atoms with Gasteiger partial charge in [0, 0.05) is 12.6 Å². The number of alkyl halides is 1. The van der Waals surface area contributed by atoms with Crippen molar-refractivity contribution in [2.75, 3.05) is 32.2 Å². The predicted molar refractivity (Wildman–Crippen MR) is 81.3 cm³/mol. The maximum atomic E-state index is 11.5. The zero-order valence-corrected chi connectivity index (χ0v) is 13.3. The molecule has 0 bridgehead atoms. The van der Waals surface area contributed by atoms with Gasteiger partial charge in [-0.05, 0) is 31.2 Å². The average Bonchev–Trinajstić information content (AvgIpc) is 2.79. The minimum absolute atomic E-state index is 0.0829. The molecule has 0 aliphatic carbocycles. The van der Waals surface area contributed by atoms with E-state index in [1.54, 1.807) is 7.11 Å². The van der Waals surface area contributed by atoms with Gasteiger partial charge >= 0.3 is 0 Å². The zero-order valence-electron chi connectivity index (χ0n) is 11.8. The Morgan fingerprint density at radius 3 is 2.55 bits per heavy atom. The number of sulfone groups is 1. The second-order valence-corrected chi connectivity index (χ2v) is 7.99. The first-order chi connectivity index (χ1) is 9.41. The number of ether oxygens (including phenoxy) is 1. The zero-order chi connectivity index (χ0) is 14.8. The number of hydrogen-bond acceptors (Lipinski definition) is 4. The molecule has 0 N–H and O–H groups in total. The Labute approximate surface area is 125 Å². The van der Waals surface area contributed by atoms with E-state index in [-0.39, 0.29) is 22.9 Å². The summed E-state index contributed by atoms with van der Waals surface area (Å²) in [5.41, 5.74) is 1.01. The first kappa shape index (κ1) is 15.6.